The number of nitrogen functional groups attached to an aromatic ring is 1. The molecule has 1 rings (SSSR count). The third-order valence-electron chi connectivity index (χ3n) is 0.699. The monoisotopic (exact) mass is 190 g/mol. The number of rotatable bonds is 0. The number of hydrogen-bond donors (Lipinski definition) is 1. The molecule has 1 heterocycles. The van der Waals surface area contributed by atoms with Gasteiger partial charge in [0.1, 0.15) is 10.7 Å². The average molecular weight is 191 g/mol. The molecule has 1 aromatic rings. The van der Waals surface area contributed by atoms with Crippen molar-refractivity contribution in [1.29, 1.82) is 0 Å². The molecule has 9 heavy (non-hydrogen) atoms. The van der Waals surface area contributed by atoms with Crippen molar-refractivity contribution >= 4 is 21.9 Å². The zero-order chi connectivity index (χ0) is 6.85. The molecule has 0 unspecified atom stereocenters. The maximum atomic E-state index is 10.5. The lowest BCUT2D eigenvalue weighted by atomic mass is 10.7. The van der Waals surface area contributed by atoms with E-state index in [1.165, 1.54) is 6.26 Å². The Morgan fingerprint density at radius 1 is 1.78 bits per heavy atom. The average Bonchev–Trinajstić information content (AvgIpc) is 1.80. The van der Waals surface area contributed by atoms with Crippen molar-refractivity contribution in [3.05, 3.63) is 21.1 Å². The van der Waals surface area contributed by atoms with Crippen molar-refractivity contribution in [1.82, 2.24) is 4.98 Å². The van der Waals surface area contributed by atoms with Gasteiger partial charge in [-0.3, -0.25) is 4.79 Å². The van der Waals surface area contributed by atoms with E-state index < -0.39 is 5.56 Å². The van der Waals surface area contributed by atoms with Crippen molar-refractivity contribution in [3.8, 4) is 0 Å². The number of hydrogen-bond acceptors (Lipinski definition) is 4. The van der Waals surface area contributed by atoms with Gasteiger partial charge in [-0.05, 0) is 15.9 Å². The van der Waals surface area contributed by atoms with Gasteiger partial charge in [0.25, 0.3) is 11.6 Å². The molecule has 48 valence electrons. The summed E-state index contributed by atoms with van der Waals surface area (Å²) >= 11 is 2.91. The summed E-state index contributed by atoms with van der Waals surface area (Å²) < 4.78 is 4.83. The Balaban J connectivity index is 3.34. The molecule has 0 amide bonds. The molecule has 0 aromatic carbocycles. The van der Waals surface area contributed by atoms with E-state index in [0.29, 0.717) is 0 Å². The standard InChI is InChI=1S/C4H3BrN2O2/c5-2-1-9-4(6)7-3(2)8/h1H,(H2,6,7,8). The summed E-state index contributed by atoms with van der Waals surface area (Å²) in [5.74, 6) is 0. The van der Waals surface area contributed by atoms with Crippen molar-refractivity contribution in [2.75, 3.05) is 5.73 Å². The Hall–Kier alpha value is -0.840. The molecule has 5 heteroatoms. The van der Waals surface area contributed by atoms with E-state index in [9.17, 15) is 4.79 Å². The van der Waals surface area contributed by atoms with Crippen molar-refractivity contribution in [3.63, 3.8) is 0 Å². The van der Waals surface area contributed by atoms with Gasteiger partial charge in [-0.2, -0.15) is 4.98 Å². The summed E-state index contributed by atoms with van der Waals surface area (Å²) in [5.41, 5.74) is 4.61. The van der Waals surface area contributed by atoms with Crippen LogP contribution in [0.5, 0.6) is 0 Å². The van der Waals surface area contributed by atoms with E-state index in [-0.39, 0.29) is 10.5 Å². The minimum absolute atomic E-state index is 0.122. The molecule has 0 aliphatic rings. The van der Waals surface area contributed by atoms with Crippen molar-refractivity contribution in [2.45, 2.75) is 0 Å². The highest BCUT2D eigenvalue weighted by Crippen LogP contribution is 2.01. The molecule has 0 bridgehead atoms. The van der Waals surface area contributed by atoms with Gasteiger partial charge in [-0.25, -0.2) is 0 Å². The first-order valence-corrected chi connectivity index (χ1v) is 2.90. The molecule has 0 atom stereocenters. The molecule has 2 N–H and O–H groups in total. The van der Waals surface area contributed by atoms with Gasteiger partial charge in [-0.15, -0.1) is 0 Å². The SMILES string of the molecule is Nc1nc(=O)c(Br)co1. The van der Waals surface area contributed by atoms with Gasteiger partial charge >= 0.3 is 0 Å². The molecule has 0 aliphatic heterocycles. The fraction of sp³-hybridized carbons (Fsp3) is 0. The van der Waals surface area contributed by atoms with Crippen LogP contribution in [-0.2, 0) is 0 Å². The van der Waals surface area contributed by atoms with Gasteiger partial charge in [-0.1, -0.05) is 0 Å². The van der Waals surface area contributed by atoms with Gasteiger partial charge in [0.05, 0.1) is 0 Å². The summed E-state index contributed by atoms with van der Waals surface area (Å²) in [6.07, 6.45) is 1.20. The van der Waals surface area contributed by atoms with Crippen LogP contribution < -0.4 is 11.3 Å². The fourth-order valence-electron chi connectivity index (χ4n) is 0.342. The molecular formula is C4H3BrN2O2. The number of anilines is 1. The topological polar surface area (TPSA) is 69.1 Å². The Bertz CT molecular complexity index is 270. The molecule has 0 saturated carbocycles. The Kier molecular flexibility index (Phi) is 1.52. The summed E-state index contributed by atoms with van der Waals surface area (Å²) in [4.78, 5) is 13.8. The van der Waals surface area contributed by atoms with Crippen LogP contribution in [0.25, 0.3) is 0 Å². The van der Waals surface area contributed by atoms with Crippen molar-refractivity contribution < 1.29 is 4.42 Å². The smallest absolute Gasteiger partial charge is 0.295 e. The third-order valence-corrected chi connectivity index (χ3v) is 1.23. The lowest BCUT2D eigenvalue weighted by molar-refractivity contribution is 0.544. The largest absolute Gasteiger partial charge is 0.433 e. The lowest BCUT2D eigenvalue weighted by Crippen LogP contribution is -2.07. The predicted molar refractivity (Wildman–Crippen MR) is 34.9 cm³/mol. The Morgan fingerprint density at radius 3 is 2.89 bits per heavy atom. The number of halogens is 1. The second-order valence-electron chi connectivity index (χ2n) is 1.34. The first kappa shape index (κ1) is 6.28. The minimum atomic E-state index is -0.418. The molecule has 0 radical (unpaired) electrons. The van der Waals surface area contributed by atoms with Gasteiger partial charge in [0, 0.05) is 0 Å². The van der Waals surface area contributed by atoms with Crippen molar-refractivity contribution in [2.24, 2.45) is 0 Å². The highest BCUT2D eigenvalue weighted by Gasteiger charge is 1.95. The summed E-state index contributed by atoms with van der Waals surface area (Å²) in [7, 11) is 0. The third kappa shape index (κ3) is 1.29. The van der Waals surface area contributed by atoms with Crippen LogP contribution in [-0.4, -0.2) is 4.98 Å². The van der Waals surface area contributed by atoms with E-state index in [1.807, 2.05) is 0 Å². The van der Waals surface area contributed by atoms with Crippen LogP contribution in [0.1, 0.15) is 0 Å². The van der Waals surface area contributed by atoms with E-state index in [0.717, 1.165) is 0 Å². The first-order chi connectivity index (χ1) is 4.20. The van der Waals surface area contributed by atoms with Gasteiger partial charge in [0.2, 0.25) is 0 Å². The zero-order valence-electron chi connectivity index (χ0n) is 4.30. The van der Waals surface area contributed by atoms with Gasteiger partial charge in [0.15, 0.2) is 0 Å². The molecule has 0 saturated heterocycles. The van der Waals surface area contributed by atoms with Crippen LogP contribution in [0.2, 0.25) is 0 Å². The zero-order valence-corrected chi connectivity index (χ0v) is 5.88. The molecular weight excluding hydrogens is 188 g/mol. The predicted octanol–water partition coefficient (Wildman–Crippen LogP) is 0.380. The molecule has 0 aliphatic carbocycles. The Labute approximate surface area is 58.8 Å². The molecule has 1 aromatic heterocycles. The Morgan fingerprint density at radius 2 is 2.44 bits per heavy atom. The molecule has 4 nitrogen and oxygen atoms in total. The molecule has 0 spiro atoms. The maximum Gasteiger partial charge on any atom is 0.295 e. The van der Waals surface area contributed by atoms with Crippen LogP contribution in [0.4, 0.5) is 6.01 Å². The lowest BCUT2D eigenvalue weighted by Gasteiger charge is -1.87. The summed E-state index contributed by atoms with van der Waals surface area (Å²) in [6, 6.07) is -0.122. The first-order valence-electron chi connectivity index (χ1n) is 2.11. The maximum absolute atomic E-state index is 10.5. The highest BCUT2D eigenvalue weighted by molar-refractivity contribution is 9.10. The highest BCUT2D eigenvalue weighted by atomic mass is 79.9. The van der Waals surface area contributed by atoms with E-state index in [1.54, 1.807) is 0 Å². The second kappa shape index (κ2) is 2.18. The van der Waals surface area contributed by atoms with Crippen LogP contribution >= 0.6 is 15.9 Å². The van der Waals surface area contributed by atoms with Crippen LogP contribution in [0, 0.1) is 0 Å². The normalized spacial score (nSPS) is 9.44. The minimum Gasteiger partial charge on any atom is -0.433 e. The quantitative estimate of drug-likeness (QED) is 0.643. The number of nitrogens with two attached hydrogens (primary N) is 1. The summed E-state index contributed by atoms with van der Waals surface area (Å²) in [5, 5.41) is 0. The van der Waals surface area contributed by atoms with Crippen LogP contribution in [0.15, 0.2) is 19.9 Å². The van der Waals surface area contributed by atoms with Crippen LogP contribution in [0.3, 0.4) is 0 Å². The fourth-order valence-corrected chi connectivity index (χ4v) is 0.524. The van der Waals surface area contributed by atoms with E-state index in [4.69, 9.17) is 5.73 Å². The summed E-state index contributed by atoms with van der Waals surface area (Å²) in [6.45, 7) is 0. The number of aromatic nitrogens is 1. The van der Waals surface area contributed by atoms with E-state index >= 15 is 0 Å². The van der Waals surface area contributed by atoms with E-state index in [2.05, 4.69) is 25.3 Å². The number of nitrogens with zero attached hydrogens (tertiary/aromatic N) is 1. The van der Waals surface area contributed by atoms with Gasteiger partial charge < -0.3 is 10.2 Å². The molecule has 0 fully saturated rings. The second-order valence-corrected chi connectivity index (χ2v) is 2.19.